The Hall–Kier alpha value is -0.540. The summed E-state index contributed by atoms with van der Waals surface area (Å²) in [4.78, 5) is 15.7. The van der Waals surface area contributed by atoms with E-state index < -0.39 is 0 Å². The molecule has 0 saturated carbocycles. The molecular weight excluding hydrogens is 178 g/mol. The Balaban J connectivity index is 2.64. The second-order valence-corrected chi connectivity index (χ2v) is 3.18. The van der Waals surface area contributed by atoms with Gasteiger partial charge in [0, 0.05) is 10.6 Å². The average molecular weight is 190 g/mol. The van der Waals surface area contributed by atoms with Crippen LogP contribution in [0, 0.1) is 0 Å². The first-order valence-corrected chi connectivity index (χ1v) is 4.34. The van der Waals surface area contributed by atoms with Gasteiger partial charge in [0.15, 0.2) is 0 Å². The topological polar surface area (TPSA) is 38.3 Å². The van der Waals surface area contributed by atoms with E-state index in [1.807, 2.05) is 0 Å². The largest absolute Gasteiger partial charge is 0.277 e. The summed E-state index contributed by atoms with van der Waals surface area (Å²) in [6.07, 6.45) is 3.67. The molecule has 0 radical (unpaired) electrons. The predicted octanol–water partition coefficient (Wildman–Crippen LogP) is 1.73. The fourth-order valence-electron chi connectivity index (χ4n) is 1.26. The molecule has 0 saturated heterocycles. The summed E-state index contributed by atoms with van der Waals surface area (Å²) >= 11 is 5.88. The molecule has 68 valence electrons. The van der Waals surface area contributed by atoms with Gasteiger partial charge in [-0.3, -0.25) is 9.63 Å². The standard InChI is InChI=1S/C8H12ClNO2/c1-12-10-8(11)6-4-2-3-5-7(6)9/h2-5H2,1H3,(H,10,11). The number of carbonyl (C=O) groups is 1. The molecule has 3 nitrogen and oxygen atoms in total. The van der Waals surface area contributed by atoms with Crippen molar-refractivity contribution in [2.75, 3.05) is 7.11 Å². The average Bonchev–Trinajstić information content (AvgIpc) is 2.05. The summed E-state index contributed by atoms with van der Waals surface area (Å²) in [5.74, 6) is -0.206. The molecule has 0 bridgehead atoms. The molecule has 0 unspecified atom stereocenters. The van der Waals surface area contributed by atoms with Crippen LogP contribution in [0.15, 0.2) is 10.6 Å². The van der Waals surface area contributed by atoms with Gasteiger partial charge < -0.3 is 0 Å². The van der Waals surface area contributed by atoms with E-state index in [-0.39, 0.29) is 5.91 Å². The molecule has 1 rings (SSSR count). The van der Waals surface area contributed by atoms with Crippen LogP contribution in [0.5, 0.6) is 0 Å². The Morgan fingerprint density at radius 2 is 2.17 bits per heavy atom. The van der Waals surface area contributed by atoms with Crippen LogP contribution >= 0.6 is 11.6 Å². The van der Waals surface area contributed by atoms with Crippen molar-refractivity contribution in [1.29, 1.82) is 0 Å². The first-order valence-electron chi connectivity index (χ1n) is 3.96. The molecule has 12 heavy (non-hydrogen) atoms. The first-order chi connectivity index (χ1) is 5.75. The predicted molar refractivity (Wildman–Crippen MR) is 46.5 cm³/mol. The molecule has 1 amide bonds. The van der Waals surface area contributed by atoms with Gasteiger partial charge in [-0.05, 0) is 25.7 Å². The highest BCUT2D eigenvalue weighted by Crippen LogP contribution is 2.27. The number of rotatable bonds is 2. The van der Waals surface area contributed by atoms with Gasteiger partial charge in [0.05, 0.1) is 7.11 Å². The molecule has 0 spiro atoms. The van der Waals surface area contributed by atoms with Crippen molar-refractivity contribution in [2.24, 2.45) is 0 Å². The number of nitrogens with one attached hydrogen (secondary N) is 1. The van der Waals surface area contributed by atoms with Crippen LogP contribution in [0.3, 0.4) is 0 Å². The quantitative estimate of drug-likeness (QED) is 0.672. The molecule has 1 aliphatic rings. The van der Waals surface area contributed by atoms with Gasteiger partial charge in [-0.1, -0.05) is 11.6 Å². The third-order valence-electron chi connectivity index (χ3n) is 1.87. The fourth-order valence-corrected chi connectivity index (χ4v) is 1.57. The lowest BCUT2D eigenvalue weighted by molar-refractivity contribution is -0.127. The van der Waals surface area contributed by atoms with Crippen molar-refractivity contribution < 1.29 is 9.63 Å². The highest BCUT2D eigenvalue weighted by atomic mass is 35.5. The van der Waals surface area contributed by atoms with Gasteiger partial charge in [0.25, 0.3) is 5.91 Å². The zero-order valence-electron chi connectivity index (χ0n) is 7.02. The lowest BCUT2D eigenvalue weighted by Crippen LogP contribution is -2.25. The number of amides is 1. The SMILES string of the molecule is CONC(=O)C1=C(Cl)CCCC1. The monoisotopic (exact) mass is 189 g/mol. The van der Waals surface area contributed by atoms with Crippen molar-refractivity contribution in [3.63, 3.8) is 0 Å². The molecule has 1 N–H and O–H groups in total. The zero-order valence-corrected chi connectivity index (χ0v) is 7.78. The summed E-state index contributed by atoms with van der Waals surface area (Å²) in [7, 11) is 1.41. The Bertz CT molecular complexity index is 213. The third kappa shape index (κ3) is 2.22. The maximum atomic E-state index is 11.2. The summed E-state index contributed by atoms with van der Waals surface area (Å²) in [6, 6.07) is 0. The Morgan fingerprint density at radius 3 is 2.75 bits per heavy atom. The molecule has 4 heteroatoms. The molecule has 0 aliphatic heterocycles. The van der Waals surface area contributed by atoms with Crippen LogP contribution in [0.25, 0.3) is 0 Å². The molecule has 0 aromatic carbocycles. The van der Waals surface area contributed by atoms with Gasteiger partial charge in [-0.2, -0.15) is 0 Å². The van der Waals surface area contributed by atoms with E-state index in [1.54, 1.807) is 0 Å². The van der Waals surface area contributed by atoms with E-state index in [0.717, 1.165) is 25.7 Å². The van der Waals surface area contributed by atoms with E-state index in [2.05, 4.69) is 10.3 Å². The van der Waals surface area contributed by atoms with Crippen LogP contribution in [0.2, 0.25) is 0 Å². The minimum absolute atomic E-state index is 0.206. The number of halogens is 1. The van der Waals surface area contributed by atoms with Gasteiger partial charge in [-0.15, -0.1) is 0 Å². The highest BCUT2D eigenvalue weighted by Gasteiger charge is 2.17. The molecule has 0 fully saturated rings. The number of hydrogen-bond donors (Lipinski definition) is 1. The number of hydroxylamine groups is 1. The van der Waals surface area contributed by atoms with E-state index in [1.165, 1.54) is 7.11 Å². The molecule has 0 heterocycles. The van der Waals surface area contributed by atoms with Crippen molar-refractivity contribution in [3.8, 4) is 0 Å². The molecule has 0 aromatic heterocycles. The van der Waals surface area contributed by atoms with Crippen molar-refractivity contribution in [2.45, 2.75) is 25.7 Å². The van der Waals surface area contributed by atoms with Crippen LogP contribution in [-0.2, 0) is 9.63 Å². The Labute approximate surface area is 76.7 Å². The van der Waals surface area contributed by atoms with Gasteiger partial charge >= 0.3 is 0 Å². The van der Waals surface area contributed by atoms with Crippen LogP contribution in [0.1, 0.15) is 25.7 Å². The zero-order chi connectivity index (χ0) is 8.97. The maximum absolute atomic E-state index is 11.2. The molecule has 0 atom stereocenters. The van der Waals surface area contributed by atoms with Crippen LogP contribution in [-0.4, -0.2) is 13.0 Å². The minimum atomic E-state index is -0.206. The van der Waals surface area contributed by atoms with Crippen molar-refractivity contribution in [1.82, 2.24) is 5.48 Å². The van der Waals surface area contributed by atoms with Gasteiger partial charge in [-0.25, -0.2) is 5.48 Å². The summed E-state index contributed by atoms with van der Waals surface area (Å²) < 4.78 is 0. The van der Waals surface area contributed by atoms with E-state index in [4.69, 9.17) is 11.6 Å². The minimum Gasteiger partial charge on any atom is -0.277 e. The smallest absolute Gasteiger partial charge is 0.271 e. The van der Waals surface area contributed by atoms with Crippen molar-refractivity contribution in [3.05, 3.63) is 10.6 Å². The maximum Gasteiger partial charge on any atom is 0.271 e. The van der Waals surface area contributed by atoms with E-state index in [0.29, 0.717) is 10.6 Å². The van der Waals surface area contributed by atoms with Crippen molar-refractivity contribution >= 4 is 17.5 Å². The number of allylic oxidation sites excluding steroid dienone is 1. The number of hydrogen-bond acceptors (Lipinski definition) is 2. The second kappa shape index (κ2) is 4.48. The van der Waals surface area contributed by atoms with Crippen LogP contribution < -0.4 is 5.48 Å². The normalized spacial score (nSPS) is 17.8. The highest BCUT2D eigenvalue weighted by molar-refractivity contribution is 6.31. The Kier molecular flexibility index (Phi) is 3.56. The molecule has 1 aliphatic carbocycles. The summed E-state index contributed by atoms with van der Waals surface area (Å²) in [6.45, 7) is 0. The lowest BCUT2D eigenvalue weighted by Gasteiger charge is -2.14. The van der Waals surface area contributed by atoms with E-state index in [9.17, 15) is 4.79 Å². The summed E-state index contributed by atoms with van der Waals surface area (Å²) in [5.41, 5.74) is 2.94. The third-order valence-corrected chi connectivity index (χ3v) is 2.29. The summed E-state index contributed by atoms with van der Waals surface area (Å²) in [5, 5.41) is 0.677. The number of carbonyl (C=O) groups excluding carboxylic acids is 1. The second-order valence-electron chi connectivity index (χ2n) is 2.73. The first kappa shape index (κ1) is 9.55. The van der Waals surface area contributed by atoms with Crippen LogP contribution in [0.4, 0.5) is 0 Å². The molecule has 0 aromatic rings. The van der Waals surface area contributed by atoms with Gasteiger partial charge in [0.2, 0.25) is 0 Å². The lowest BCUT2D eigenvalue weighted by atomic mass is 9.99. The Morgan fingerprint density at radius 1 is 1.50 bits per heavy atom. The fraction of sp³-hybridized carbons (Fsp3) is 0.625. The van der Waals surface area contributed by atoms with E-state index >= 15 is 0 Å². The van der Waals surface area contributed by atoms with Gasteiger partial charge in [0.1, 0.15) is 0 Å². The molecular formula is C8H12ClNO2.